The minimum absolute atomic E-state index is 0.0422. The van der Waals surface area contributed by atoms with Gasteiger partial charge in [-0.05, 0) is 69.5 Å². The van der Waals surface area contributed by atoms with Gasteiger partial charge in [0.15, 0.2) is 0 Å². The van der Waals surface area contributed by atoms with E-state index in [2.05, 4.69) is 24.7 Å². The summed E-state index contributed by atoms with van der Waals surface area (Å²) in [5.74, 6) is -3.80. The highest BCUT2D eigenvalue weighted by Crippen LogP contribution is 2.39. The van der Waals surface area contributed by atoms with Crippen molar-refractivity contribution in [3.05, 3.63) is 64.6 Å². The van der Waals surface area contributed by atoms with Gasteiger partial charge in [0.05, 0.1) is 12.2 Å². The molecule has 0 N–H and O–H groups in total. The summed E-state index contributed by atoms with van der Waals surface area (Å²) in [7, 11) is -1.27. The number of halogens is 4. The number of fused-ring (bicyclic) bond motifs is 1. The van der Waals surface area contributed by atoms with Gasteiger partial charge < -0.3 is 19.1 Å². The van der Waals surface area contributed by atoms with Crippen LogP contribution in [0.25, 0.3) is 10.9 Å². The Kier molecular flexibility index (Phi) is 10.4. The van der Waals surface area contributed by atoms with Crippen LogP contribution in [-0.4, -0.2) is 67.4 Å². The van der Waals surface area contributed by atoms with E-state index in [9.17, 15) is 9.18 Å². The van der Waals surface area contributed by atoms with E-state index in [1.807, 2.05) is 0 Å². The van der Waals surface area contributed by atoms with Crippen molar-refractivity contribution >= 4 is 36.7 Å². The predicted molar refractivity (Wildman–Crippen MR) is 169 cm³/mol. The van der Waals surface area contributed by atoms with Gasteiger partial charge in [0.1, 0.15) is 30.3 Å². The smallest absolute Gasteiger partial charge is 0.410 e. The molecule has 1 amide bonds. The molecule has 4 rings (SSSR count). The van der Waals surface area contributed by atoms with Gasteiger partial charge in [-0.25, -0.2) is 13.9 Å². The number of likely N-dealkylation sites (tertiary alicyclic amines) is 1. The van der Waals surface area contributed by atoms with Crippen molar-refractivity contribution in [3.63, 3.8) is 0 Å². The standard InChI is InChI=1S/C32H43ClF3N3O4Si/c1-30(2,3)43-29(40)38-13-11-31(12-14-38,24-7-9-26(34)10-8-24)20-42-21-32(35,36)27-18-25(33)17-23-19-39(37-28(23)27)22-41-15-16-44(4,5)6/h7-10,17-19H,11-16,20-22H2,1-6H3. The van der Waals surface area contributed by atoms with Gasteiger partial charge in [-0.3, -0.25) is 0 Å². The van der Waals surface area contributed by atoms with E-state index in [1.54, 1.807) is 50.1 Å². The maximum absolute atomic E-state index is 15.8. The highest BCUT2D eigenvalue weighted by atomic mass is 35.5. The molecule has 7 nitrogen and oxygen atoms in total. The third-order valence-corrected chi connectivity index (χ3v) is 9.65. The van der Waals surface area contributed by atoms with Crippen LogP contribution >= 0.6 is 11.6 Å². The molecule has 242 valence electrons. The average Bonchev–Trinajstić information content (AvgIpc) is 3.32. The van der Waals surface area contributed by atoms with Gasteiger partial charge in [0.2, 0.25) is 0 Å². The van der Waals surface area contributed by atoms with Crippen LogP contribution in [0.2, 0.25) is 30.7 Å². The lowest BCUT2D eigenvalue weighted by Gasteiger charge is -2.42. The van der Waals surface area contributed by atoms with E-state index in [1.165, 1.54) is 22.9 Å². The molecule has 1 aromatic heterocycles. The van der Waals surface area contributed by atoms with Gasteiger partial charge in [0.25, 0.3) is 5.92 Å². The molecule has 1 fully saturated rings. The summed E-state index contributed by atoms with van der Waals surface area (Å²) in [6.07, 6.45) is 2.10. The molecular weight excluding hydrogens is 611 g/mol. The predicted octanol–water partition coefficient (Wildman–Crippen LogP) is 8.22. The Balaban J connectivity index is 1.48. The van der Waals surface area contributed by atoms with Crippen LogP contribution in [0.4, 0.5) is 18.0 Å². The van der Waals surface area contributed by atoms with Gasteiger partial charge >= 0.3 is 6.09 Å². The average molecular weight is 654 g/mol. The van der Waals surface area contributed by atoms with Crippen LogP contribution in [0.1, 0.15) is 44.7 Å². The van der Waals surface area contributed by atoms with E-state index < -0.39 is 43.5 Å². The maximum Gasteiger partial charge on any atom is 0.410 e. The summed E-state index contributed by atoms with van der Waals surface area (Å²) in [5, 5.41) is 5.05. The van der Waals surface area contributed by atoms with Crippen LogP contribution in [0, 0.1) is 5.82 Å². The summed E-state index contributed by atoms with van der Waals surface area (Å²) in [5.41, 5.74) is -0.753. The zero-order valence-electron chi connectivity index (χ0n) is 26.4. The number of rotatable bonds is 11. The van der Waals surface area contributed by atoms with Gasteiger partial charge in [0, 0.05) is 49.8 Å². The monoisotopic (exact) mass is 653 g/mol. The summed E-state index contributed by atoms with van der Waals surface area (Å²) in [6, 6.07) is 9.81. The quantitative estimate of drug-likeness (QED) is 0.154. The molecule has 0 spiro atoms. The minimum atomic E-state index is -3.40. The van der Waals surface area contributed by atoms with E-state index in [4.69, 9.17) is 25.8 Å². The molecule has 2 heterocycles. The number of aromatic nitrogens is 2. The number of alkyl halides is 2. The van der Waals surface area contributed by atoms with E-state index in [-0.39, 0.29) is 29.4 Å². The largest absolute Gasteiger partial charge is 0.444 e. The fourth-order valence-corrected chi connectivity index (χ4v) is 6.23. The van der Waals surface area contributed by atoms with Crippen LogP contribution in [0.3, 0.4) is 0 Å². The highest BCUT2D eigenvalue weighted by molar-refractivity contribution is 6.76. The first-order chi connectivity index (χ1) is 20.5. The Morgan fingerprint density at radius 2 is 1.73 bits per heavy atom. The maximum atomic E-state index is 15.8. The summed E-state index contributed by atoms with van der Waals surface area (Å²) in [4.78, 5) is 14.3. The number of hydrogen-bond donors (Lipinski definition) is 0. The molecule has 44 heavy (non-hydrogen) atoms. The van der Waals surface area contributed by atoms with E-state index >= 15 is 8.78 Å². The molecule has 0 bridgehead atoms. The second kappa shape index (κ2) is 13.4. The first-order valence-corrected chi connectivity index (χ1v) is 19.0. The number of benzene rings is 2. The number of hydrogen-bond acceptors (Lipinski definition) is 5. The number of carbonyl (C=O) groups is 1. The van der Waals surface area contributed by atoms with Crippen molar-refractivity contribution in [2.45, 2.75) is 83.0 Å². The SMILES string of the molecule is CC(C)(C)OC(=O)N1CCC(COCC(F)(F)c2cc(Cl)cc3cn(COCC[Si](C)(C)C)nc23)(c2ccc(F)cc2)CC1. The Labute approximate surface area is 263 Å². The second-order valence-electron chi connectivity index (χ2n) is 13.9. The normalized spacial score (nSPS) is 16.0. The fourth-order valence-electron chi connectivity index (χ4n) is 5.25. The molecule has 2 aromatic carbocycles. The number of amides is 1. The molecule has 1 aliphatic rings. The third kappa shape index (κ3) is 8.99. The molecule has 0 aliphatic carbocycles. The molecule has 1 aliphatic heterocycles. The van der Waals surface area contributed by atoms with Crippen molar-refractivity contribution in [2.24, 2.45) is 0 Å². The van der Waals surface area contributed by atoms with Crippen molar-refractivity contribution in [1.82, 2.24) is 14.7 Å². The second-order valence-corrected chi connectivity index (χ2v) is 19.9. The minimum Gasteiger partial charge on any atom is -0.444 e. The Bertz CT molecular complexity index is 1430. The van der Waals surface area contributed by atoms with Gasteiger partial charge in [-0.1, -0.05) is 43.4 Å². The Morgan fingerprint density at radius 3 is 2.34 bits per heavy atom. The Hall–Kier alpha value is -2.60. The highest BCUT2D eigenvalue weighted by Gasteiger charge is 2.41. The van der Waals surface area contributed by atoms with Crippen LogP contribution < -0.4 is 0 Å². The molecule has 1 saturated heterocycles. The van der Waals surface area contributed by atoms with Crippen LogP contribution in [0.15, 0.2) is 42.6 Å². The molecule has 0 atom stereocenters. The molecule has 0 radical (unpaired) electrons. The zero-order valence-corrected chi connectivity index (χ0v) is 28.1. The Morgan fingerprint density at radius 1 is 1.07 bits per heavy atom. The lowest BCUT2D eigenvalue weighted by Crippen LogP contribution is -2.48. The summed E-state index contributed by atoms with van der Waals surface area (Å²) >= 11 is 6.26. The van der Waals surface area contributed by atoms with E-state index in [0.29, 0.717) is 37.9 Å². The molecule has 12 heteroatoms. The molecule has 3 aromatic rings. The van der Waals surface area contributed by atoms with Crippen molar-refractivity contribution in [1.29, 1.82) is 0 Å². The van der Waals surface area contributed by atoms with E-state index in [0.717, 1.165) is 11.6 Å². The number of piperidine rings is 1. The lowest BCUT2D eigenvalue weighted by molar-refractivity contribution is -0.0945. The third-order valence-electron chi connectivity index (χ3n) is 7.73. The van der Waals surface area contributed by atoms with Crippen LogP contribution in [-0.2, 0) is 32.3 Å². The van der Waals surface area contributed by atoms with Crippen molar-refractivity contribution < 1.29 is 32.2 Å². The topological polar surface area (TPSA) is 65.8 Å². The zero-order chi connectivity index (χ0) is 32.3. The summed E-state index contributed by atoms with van der Waals surface area (Å²) < 4.78 is 63.9. The first-order valence-electron chi connectivity index (χ1n) is 14.9. The number of carbonyl (C=O) groups excluding carboxylic acids is 1. The van der Waals surface area contributed by atoms with Gasteiger partial charge in [-0.2, -0.15) is 13.9 Å². The molecular formula is C32H43ClF3N3O4Si. The lowest BCUT2D eigenvalue weighted by atomic mass is 9.73. The number of ether oxygens (including phenoxy) is 3. The van der Waals surface area contributed by atoms with Crippen LogP contribution in [0.5, 0.6) is 0 Å². The molecule has 0 saturated carbocycles. The molecule has 0 unspecified atom stereocenters. The number of nitrogens with zero attached hydrogens (tertiary/aromatic N) is 3. The fraction of sp³-hybridized carbons (Fsp3) is 0.562. The van der Waals surface area contributed by atoms with Gasteiger partial charge in [-0.15, -0.1) is 0 Å². The first kappa shape index (κ1) is 34.3. The van der Waals surface area contributed by atoms with Crippen molar-refractivity contribution in [2.75, 3.05) is 32.9 Å². The summed E-state index contributed by atoms with van der Waals surface area (Å²) in [6.45, 7) is 12.6. The van der Waals surface area contributed by atoms with Crippen molar-refractivity contribution in [3.8, 4) is 0 Å².